The van der Waals surface area contributed by atoms with Gasteiger partial charge in [0.2, 0.25) is 17.7 Å². The van der Waals surface area contributed by atoms with Crippen molar-refractivity contribution in [2.24, 2.45) is 4.99 Å². The predicted octanol–water partition coefficient (Wildman–Crippen LogP) is 5.17. The highest BCUT2D eigenvalue weighted by Crippen LogP contribution is 2.28. The van der Waals surface area contributed by atoms with Crippen LogP contribution < -0.4 is 10.6 Å². The van der Waals surface area contributed by atoms with E-state index in [1.807, 2.05) is 0 Å². The van der Waals surface area contributed by atoms with Gasteiger partial charge in [-0.3, -0.25) is 10.1 Å². The smallest absolute Gasteiger partial charge is 0.437 e. The van der Waals surface area contributed by atoms with E-state index in [1.165, 1.54) is 25.7 Å². The Morgan fingerprint density at radius 3 is 2.50 bits per heavy atom. The van der Waals surface area contributed by atoms with E-state index in [4.69, 9.17) is 9.26 Å². The molecular formula is C28H40N6O6. The first-order valence-electron chi connectivity index (χ1n) is 13.8. The maximum Gasteiger partial charge on any atom is 0.437 e. The molecule has 0 radical (unpaired) electrons. The van der Waals surface area contributed by atoms with Crippen molar-refractivity contribution in [3.05, 3.63) is 35.7 Å². The molecule has 1 aromatic carbocycles. The van der Waals surface area contributed by atoms with Gasteiger partial charge in [0, 0.05) is 30.8 Å². The van der Waals surface area contributed by atoms with Gasteiger partial charge in [-0.25, -0.2) is 9.59 Å². The Morgan fingerprint density at radius 2 is 1.82 bits per heavy atom. The molecule has 1 saturated heterocycles. The second kappa shape index (κ2) is 14.4. The maximum atomic E-state index is 12.4. The molecule has 3 amide bonds. The van der Waals surface area contributed by atoms with Gasteiger partial charge in [0.1, 0.15) is 5.60 Å². The number of amides is 3. The fraction of sp³-hybridized carbons (Fsp3) is 0.571. The summed E-state index contributed by atoms with van der Waals surface area (Å²) < 4.78 is 10.7. The second-order valence-corrected chi connectivity index (χ2v) is 10.8. The third-order valence-electron chi connectivity index (χ3n) is 6.31. The van der Waals surface area contributed by atoms with Crippen LogP contribution in [0.1, 0.15) is 94.8 Å². The average molecular weight is 557 g/mol. The van der Waals surface area contributed by atoms with Gasteiger partial charge in [-0.1, -0.05) is 56.3 Å². The zero-order chi connectivity index (χ0) is 29.1. The topological polar surface area (TPSA) is 159 Å². The first-order chi connectivity index (χ1) is 19.1. The van der Waals surface area contributed by atoms with E-state index in [2.05, 4.69) is 32.7 Å². The molecule has 1 aromatic heterocycles. The number of nitrogens with one attached hydrogen (secondary N) is 2. The number of ether oxygens (including phenoxy) is 1. The molecule has 40 heavy (non-hydrogen) atoms. The summed E-state index contributed by atoms with van der Waals surface area (Å²) in [5, 5.41) is 18.4. The first kappa shape index (κ1) is 30.6. The molecule has 0 saturated carbocycles. The second-order valence-electron chi connectivity index (χ2n) is 10.8. The van der Waals surface area contributed by atoms with Crippen molar-refractivity contribution in [1.29, 1.82) is 0 Å². The number of hydrogen-bond acceptors (Lipinski definition) is 7. The predicted molar refractivity (Wildman–Crippen MR) is 149 cm³/mol. The van der Waals surface area contributed by atoms with Crippen LogP contribution in [0.15, 0.2) is 33.8 Å². The standard InChI is InChI=1S/C28H40N6O6/c1-5-6-7-8-9-10-16-29-23(35)20-13-11-19(12-14-20)22-30-24(40-33-22)21-15-17-34(18-21)25(31-26(36)37)32-27(38)39-28(2,3)4/h11-14,21H,5-10,15-18H2,1-4H3,(H,29,35)(H,36,37)(H,31,32,38). The maximum absolute atomic E-state index is 12.4. The number of carbonyl (C=O) groups is 3. The number of rotatable bonds is 10. The molecule has 218 valence electrons. The minimum atomic E-state index is -1.34. The summed E-state index contributed by atoms with van der Waals surface area (Å²) in [7, 11) is 0. The molecule has 1 unspecified atom stereocenters. The largest absolute Gasteiger partial charge is 0.465 e. The van der Waals surface area contributed by atoms with Crippen LogP contribution in [0.5, 0.6) is 0 Å². The Balaban J connectivity index is 1.56. The van der Waals surface area contributed by atoms with E-state index in [1.54, 1.807) is 49.9 Å². The number of benzene rings is 1. The van der Waals surface area contributed by atoms with Crippen LogP contribution in [0.25, 0.3) is 11.4 Å². The van der Waals surface area contributed by atoms with Crippen LogP contribution in [-0.2, 0) is 4.74 Å². The molecule has 2 aromatic rings. The quantitative estimate of drug-likeness (QED) is 0.204. The summed E-state index contributed by atoms with van der Waals surface area (Å²) in [5.41, 5.74) is 0.503. The van der Waals surface area contributed by atoms with Gasteiger partial charge in [-0.2, -0.15) is 4.98 Å². The Bertz CT molecular complexity index is 1170. The highest BCUT2D eigenvalue weighted by molar-refractivity contribution is 5.98. The molecule has 0 aliphatic carbocycles. The lowest BCUT2D eigenvalue weighted by Gasteiger charge is -2.21. The van der Waals surface area contributed by atoms with Gasteiger partial charge in [-0.05, 0) is 45.7 Å². The molecule has 12 heteroatoms. The molecule has 3 N–H and O–H groups in total. The van der Waals surface area contributed by atoms with E-state index in [0.29, 0.717) is 48.9 Å². The van der Waals surface area contributed by atoms with E-state index in [0.717, 1.165) is 12.8 Å². The highest BCUT2D eigenvalue weighted by Gasteiger charge is 2.32. The fourth-order valence-corrected chi connectivity index (χ4v) is 4.30. The van der Waals surface area contributed by atoms with Crippen molar-refractivity contribution in [1.82, 2.24) is 25.7 Å². The van der Waals surface area contributed by atoms with Gasteiger partial charge >= 0.3 is 12.2 Å². The molecule has 1 aliphatic rings. The van der Waals surface area contributed by atoms with Crippen LogP contribution in [-0.4, -0.2) is 69.4 Å². The van der Waals surface area contributed by atoms with Crippen LogP contribution in [0.2, 0.25) is 0 Å². The summed E-state index contributed by atoms with van der Waals surface area (Å²) >= 11 is 0. The summed E-state index contributed by atoms with van der Waals surface area (Å²) in [4.78, 5) is 45.9. The van der Waals surface area contributed by atoms with Crippen LogP contribution in [0.4, 0.5) is 9.59 Å². The van der Waals surface area contributed by atoms with Crippen molar-refractivity contribution in [2.45, 2.75) is 84.2 Å². The number of nitrogens with zero attached hydrogens (tertiary/aromatic N) is 4. The number of carbonyl (C=O) groups excluding carboxylic acids is 2. The lowest BCUT2D eigenvalue weighted by molar-refractivity contribution is 0.0601. The van der Waals surface area contributed by atoms with E-state index >= 15 is 0 Å². The lowest BCUT2D eigenvalue weighted by Crippen LogP contribution is -2.43. The lowest BCUT2D eigenvalue weighted by atomic mass is 10.1. The van der Waals surface area contributed by atoms with Crippen molar-refractivity contribution < 1.29 is 28.8 Å². The number of carboxylic acid groups (broad SMARTS) is 1. The number of aromatic nitrogens is 2. The monoisotopic (exact) mass is 556 g/mol. The third kappa shape index (κ3) is 9.65. The van der Waals surface area contributed by atoms with E-state index < -0.39 is 17.8 Å². The van der Waals surface area contributed by atoms with E-state index in [-0.39, 0.29) is 17.8 Å². The molecule has 0 spiro atoms. The Labute approximate surface area is 234 Å². The van der Waals surface area contributed by atoms with Crippen LogP contribution in [0, 0.1) is 0 Å². The Morgan fingerprint density at radius 1 is 1.12 bits per heavy atom. The number of aliphatic imine (C=N–C) groups is 1. The van der Waals surface area contributed by atoms with Crippen molar-refractivity contribution >= 4 is 24.1 Å². The molecule has 2 heterocycles. The highest BCUT2D eigenvalue weighted by atomic mass is 16.6. The molecule has 1 aliphatic heterocycles. The molecule has 0 bridgehead atoms. The summed E-state index contributed by atoms with van der Waals surface area (Å²) in [5.74, 6) is 0.366. The van der Waals surface area contributed by atoms with Gasteiger partial charge in [0.25, 0.3) is 5.91 Å². The van der Waals surface area contributed by atoms with Gasteiger partial charge in [0.05, 0.1) is 5.92 Å². The SMILES string of the molecule is CCCCCCCCNC(=O)c1ccc(-c2noc(C3CCN(C(=NC(=O)OC(C)(C)C)NC(=O)O)C3)n2)cc1. The average Bonchev–Trinajstić information content (AvgIpc) is 3.57. The van der Waals surface area contributed by atoms with Crippen LogP contribution in [0.3, 0.4) is 0 Å². The Kier molecular flexibility index (Phi) is 11.0. The minimum Gasteiger partial charge on any atom is -0.465 e. The first-order valence-corrected chi connectivity index (χ1v) is 13.8. The minimum absolute atomic E-state index is 0.112. The van der Waals surface area contributed by atoms with Crippen molar-refractivity contribution in [3.8, 4) is 11.4 Å². The summed E-state index contributed by atoms with van der Waals surface area (Å²) in [6, 6.07) is 7.02. The van der Waals surface area contributed by atoms with Gasteiger partial charge < -0.3 is 24.6 Å². The number of unbranched alkanes of at least 4 members (excludes halogenated alkanes) is 5. The van der Waals surface area contributed by atoms with Crippen LogP contribution >= 0.6 is 0 Å². The fourth-order valence-electron chi connectivity index (χ4n) is 4.30. The molecule has 12 nitrogen and oxygen atoms in total. The summed E-state index contributed by atoms with van der Waals surface area (Å²) in [6.07, 6.45) is 5.37. The van der Waals surface area contributed by atoms with Crippen molar-refractivity contribution in [2.75, 3.05) is 19.6 Å². The molecule has 1 fully saturated rings. The summed E-state index contributed by atoms with van der Waals surface area (Å²) in [6.45, 7) is 8.69. The van der Waals surface area contributed by atoms with Crippen molar-refractivity contribution in [3.63, 3.8) is 0 Å². The number of hydrogen-bond donors (Lipinski definition) is 3. The molecule has 1 atom stereocenters. The van der Waals surface area contributed by atoms with E-state index in [9.17, 15) is 19.5 Å². The molecular weight excluding hydrogens is 516 g/mol. The molecule has 3 rings (SSSR count). The third-order valence-corrected chi connectivity index (χ3v) is 6.31. The zero-order valence-electron chi connectivity index (χ0n) is 23.7. The Hall–Kier alpha value is -3.96. The number of likely N-dealkylation sites (tertiary alicyclic amines) is 1. The zero-order valence-corrected chi connectivity index (χ0v) is 23.7. The number of guanidine groups is 1. The normalized spacial score (nSPS) is 15.7. The van der Waals surface area contributed by atoms with Gasteiger partial charge in [-0.15, -0.1) is 4.99 Å². The van der Waals surface area contributed by atoms with Gasteiger partial charge in [0.15, 0.2) is 0 Å².